The summed E-state index contributed by atoms with van der Waals surface area (Å²) in [6.45, 7) is 0. The minimum Gasteiger partial charge on any atom is -0.352 e. The van der Waals surface area contributed by atoms with E-state index in [0.717, 1.165) is 27.6 Å². The van der Waals surface area contributed by atoms with Crippen LogP contribution in [0.5, 0.6) is 0 Å². The Kier molecular flexibility index (Phi) is 3.40. The van der Waals surface area contributed by atoms with Crippen molar-refractivity contribution < 1.29 is 9.59 Å². The third-order valence-electron chi connectivity index (χ3n) is 3.87. The molecule has 1 fully saturated rings. The molecule has 0 spiro atoms. The topological polar surface area (TPSA) is 70.0 Å². The van der Waals surface area contributed by atoms with Crippen molar-refractivity contribution >= 4 is 53.8 Å². The molecule has 4 rings (SSSR count). The number of amides is 1. The summed E-state index contributed by atoms with van der Waals surface area (Å²) < 4.78 is 3.25. The first-order valence-corrected chi connectivity index (χ1v) is 8.96. The van der Waals surface area contributed by atoms with Crippen LogP contribution >= 0.6 is 22.7 Å². The summed E-state index contributed by atoms with van der Waals surface area (Å²) >= 11 is 2.99. The molecule has 0 saturated heterocycles. The highest BCUT2D eigenvalue weighted by molar-refractivity contribution is 7.33. The van der Waals surface area contributed by atoms with E-state index in [1.54, 1.807) is 11.3 Å². The number of hydrogen-bond donors (Lipinski definition) is 1. The Labute approximate surface area is 140 Å². The molecule has 0 bridgehead atoms. The van der Waals surface area contributed by atoms with Crippen LogP contribution in [0.3, 0.4) is 0 Å². The van der Waals surface area contributed by atoms with Gasteiger partial charge in [-0.25, -0.2) is 0 Å². The quantitative estimate of drug-likeness (QED) is 0.581. The van der Waals surface area contributed by atoms with Gasteiger partial charge in [-0.1, -0.05) is 18.2 Å². The zero-order valence-electron chi connectivity index (χ0n) is 12.0. The lowest BCUT2D eigenvalue weighted by Crippen LogP contribution is -2.35. The molecule has 1 N–H and O–H groups in total. The van der Waals surface area contributed by atoms with Crippen molar-refractivity contribution in [1.29, 1.82) is 5.26 Å². The molecule has 0 unspecified atom stereocenters. The van der Waals surface area contributed by atoms with Crippen molar-refractivity contribution in [3.05, 3.63) is 35.2 Å². The van der Waals surface area contributed by atoms with Gasteiger partial charge >= 0.3 is 0 Å². The van der Waals surface area contributed by atoms with Gasteiger partial charge in [0, 0.05) is 20.8 Å². The molecule has 4 nitrogen and oxygen atoms in total. The van der Waals surface area contributed by atoms with E-state index < -0.39 is 17.6 Å². The molecule has 1 atom stereocenters. The monoisotopic (exact) mass is 340 g/mol. The average molecular weight is 340 g/mol. The van der Waals surface area contributed by atoms with Crippen molar-refractivity contribution in [2.45, 2.75) is 18.9 Å². The number of nitriles is 1. The summed E-state index contributed by atoms with van der Waals surface area (Å²) in [6, 6.07) is 11.8. The standard InChI is InChI=1S/C17H12N2O2S2/c18-8-11(17(21)19-9-5-6-9)15(20)13-7-14-16(23-13)10-3-1-2-4-12(10)22-14/h1-4,7,9,11H,5-6H2,(H,19,21)/t11-/m0/s1. The summed E-state index contributed by atoms with van der Waals surface area (Å²) in [5, 5.41) is 13.1. The molecule has 23 heavy (non-hydrogen) atoms. The van der Waals surface area contributed by atoms with Crippen molar-refractivity contribution in [1.82, 2.24) is 5.32 Å². The Morgan fingerprint density at radius 1 is 1.22 bits per heavy atom. The highest BCUT2D eigenvalue weighted by Crippen LogP contribution is 2.39. The van der Waals surface area contributed by atoms with Crippen molar-refractivity contribution in [2.75, 3.05) is 0 Å². The third-order valence-corrected chi connectivity index (χ3v) is 6.30. The van der Waals surface area contributed by atoms with Crippen molar-refractivity contribution in [2.24, 2.45) is 5.92 Å². The summed E-state index contributed by atoms with van der Waals surface area (Å²) in [5.41, 5.74) is 0. The van der Waals surface area contributed by atoms with Gasteiger partial charge in [0.15, 0.2) is 11.7 Å². The zero-order valence-corrected chi connectivity index (χ0v) is 13.7. The van der Waals surface area contributed by atoms with E-state index in [-0.39, 0.29) is 6.04 Å². The minimum atomic E-state index is -1.25. The number of nitrogens with zero attached hydrogens (tertiary/aromatic N) is 1. The van der Waals surface area contributed by atoms with Crippen molar-refractivity contribution in [3.8, 4) is 6.07 Å². The number of rotatable bonds is 4. The van der Waals surface area contributed by atoms with Crippen LogP contribution in [0.25, 0.3) is 19.5 Å². The summed E-state index contributed by atoms with van der Waals surface area (Å²) in [7, 11) is 0. The smallest absolute Gasteiger partial charge is 0.245 e. The summed E-state index contributed by atoms with van der Waals surface area (Å²) in [6.07, 6.45) is 1.86. The third kappa shape index (κ3) is 2.52. The van der Waals surface area contributed by atoms with Gasteiger partial charge in [0.25, 0.3) is 0 Å². The fraction of sp³-hybridized carbons (Fsp3) is 0.235. The molecule has 2 heterocycles. The molecule has 114 valence electrons. The van der Waals surface area contributed by atoms with Gasteiger partial charge in [-0.15, -0.1) is 22.7 Å². The van der Waals surface area contributed by atoms with Crippen LogP contribution in [0.15, 0.2) is 30.3 Å². The van der Waals surface area contributed by atoms with Gasteiger partial charge in [-0.3, -0.25) is 9.59 Å². The Morgan fingerprint density at radius 3 is 2.74 bits per heavy atom. The van der Waals surface area contributed by atoms with E-state index in [9.17, 15) is 14.9 Å². The first kappa shape index (κ1) is 14.4. The fourth-order valence-corrected chi connectivity index (χ4v) is 5.01. The van der Waals surface area contributed by atoms with Gasteiger partial charge in [-0.05, 0) is 25.0 Å². The van der Waals surface area contributed by atoms with Crippen molar-refractivity contribution in [3.63, 3.8) is 0 Å². The Hall–Kier alpha value is -2.23. The number of carbonyl (C=O) groups excluding carboxylic acids is 2. The van der Waals surface area contributed by atoms with E-state index in [1.807, 2.05) is 30.3 Å². The lowest BCUT2D eigenvalue weighted by atomic mass is 10.0. The molecule has 0 radical (unpaired) electrons. The second kappa shape index (κ2) is 5.44. The Morgan fingerprint density at radius 2 is 2.00 bits per heavy atom. The zero-order chi connectivity index (χ0) is 16.0. The van der Waals surface area contributed by atoms with Gasteiger partial charge < -0.3 is 5.32 Å². The predicted molar refractivity (Wildman–Crippen MR) is 91.8 cm³/mol. The maximum Gasteiger partial charge on any atom is 0.245 e. The largest absolute Gasteiger partial charge is 0.352 e. The van der Waals surface area contributed by atoms with E-state index in [1.165, 1.54) is 16.0 Å². The number of nitrogens with one attached hydrogen (secondary N) is 1. The number of Topliss-reactive ketones (excluding diaryl/α,β-unsaturated/α-hetero) is 1. The Bertz CT molecular complexity index is 975. The lowest BCUT2D eigenvalue weighted by molar-refractivity contribution is -0.122. The number of carbonyl (C=O) groups is 2. The number of thiophene rings is 2. The lowest BCUT2D eigenvalue weighted by Gasteiger charge is -2.07. The van der Waals surface area contributed by atoms with Gasteiger partial charge in [0.05, 0.1) is 15.6 Å². The summed E-state index contributed by atoms with van der Waals surface area (Å²) in [4.78, 5) is 25.1. The molecule has 3 aromatic rings. The van der Waals surface area contributed by atoms with Crippen LogP contribution in [0, 0.1) is 17.2 Å². The van der Waals surface area contributed by atoms with E-state index in [2.05, 4.69) is 11.4 Å². The van der Waals surface area contributed by atoms with E-state index in [4.69, 9.17) is 0 Å². The molecule has 1 aliphatic rings. The highest BCUT2D eigenvalue weighted by atomic mass is 32.1. The first-order valence-electron chi connectivity index (χ1n) is 7.32. The minimum absolute atomic E-state index is 0.141. The molecular weight excluding hydrogens is 328 g/mol. The normalized spacial score (nSPS) is 15.4. The summed E-state index contributed by atoms with van der Waals surface area (Å²) in [5.74, 6) is -2.13. The average Bonchev–Trinajstić information content (AvgIpc) is 3.14. The fourth-order valence-electron chi connectivity index (χ4n) is 2.51. The molecular formula is C17H12N2O2S2. The van der Waals surface area contributed by atoms with Crippen LogP contribution < -0.4 is 5.32 Å². The van der Waals surface area contributed by atoms with E-state index in [0.29, 0.717) is 4.88 Å². The maximum absolute atomic E-state index is 12.6. The van der Waals surface area contributed by atoms with Gasteiger partial charge in [0.2, 0.25) is 5.91 Å². The van der Waals surface area contributed by atoms with Crippen LogP contribution in [0.4, 0.5) is 0 Å². The van der Waals surface area contributed by atoms with Gasteiger partial charge in [0.1, 0.15) is 0 Å². The molecule has 1 saturated carbocycles. The predicted octanol–water partition coefficient (Wildman–Crippen LogP) is 3.72. The maximum atomic E-state index is 12.6. The first-order chi connectivity index (χ1) is 11.2. The second-order valence-corrected chi connectivity index (χ2v) is 7.75. The number of hydrogen-bond acceptors (Lipinski definition) is 5. The molecule has 2 aromatic heterocycles. The molecule has 0 aliphatic heterocycles. The second-order valence-electron chi connectivity index (χ2n) is 5.61. The molecule has 1 aromatic carbocycles. The molecule has 1 amide bonds. The van der Waals surface area contributed by atoms with Crippen LogP contribution in [-0.4, -0.2) is 17.7 Å². The molecule has 6 heteroatoms. The SMILES string of the molecule is N#C[C@H](C(=O)NC1CC1)C(=O)c1cc2sc3ccccc3c2s1. The van der Waals surface area contributed by atoms with Crippen LogP contribution in [-0.2, 0) is 4.79 Å². The van der Waals surface area contributed by atoms with Crippen LogP contribution in [0.2, 0.25) is 0 Å². The van der Waals surface area contributed by atoms with E-state index >= 15 is 0 Å². The molecule has 1 aliphatic carbocycles. The Balaban J connectivity index is 1.68. The van der Waals surface area contributed by atoms with Gasteiger partial charge in [-0.2, -0.15) is 5.26 Å². The number of fused-ring (bicyclic) bond motifs is 3. The number of ketones is 1. The van der Waals surface area contributed by atoms with Crippen LogP contribution in [0.1, 0.15) is 22.5 Å². The number of benzene rings is 1. The highest BCUT2D eigenvalue weighted by Gasteiger charge is 2.33.